The highest BCUT2D eigenvalue weighted by Crippen LogP contribution is 2.12. The van der Waals surface area contributed by atoms with Crippen molar-refractivity contribution in [3.05, 3.63) is 18.2 Å². The number of carbonyl (C=O) groups excluding carboxylic acids is 2. The first-order valence-electron chi connectivity index (χ1n) is 6.92. The molecule has 1 aromatic heterocycles. The molecule has 0 radical (unpaired) electrons. The summed E-state index contributed by atoms with van der Waals surface area (Å²) in [5.41, 5.74) is 0.620. The molecule has 3 N–H and O–H groups in total. The molecule has 0 fully saturated rings. The number of nitrogens with one attached hydrogen (secondary N) is 3. The lowest BCUT2D eigenvalue weighted by atomic mass is 9.96. The summed E-state index contributed by atoms with van der Waals surface area (Å²) in [6.45, 7) is 6.72. The van der Waals surface area contributed by atoms with Crippen LogP contribution in [0, 0.1) is 5.41 Å². The number of aromatic amines is 1. The van der Waals surface area contributed by atoms with Crippen molar-refractivity contribution in [2.24, 2.45) is 5.41 Å². The van der Waals surface area contributed by atoms with Crippen LogP contribution in [0.3, 0.4) is 0 Å². The fourth-order valence-electron chi connectivity index (χ4n) is 1.56. The lowest BCUT2D eigenvalue weighted by molar-refractivity contribution is -0.128. The number of amides is 2. The van der Waals surface area contributed by atoms with Crippen molar-refractivity contribution in [3.63, 3.8) is 0 Å². The molecule has 2 amide bonds. The molecule has 1 heterocycles. The van der Waals surface area contributed by atoms with E-state index in [9.17, 15) is 9.59 Å². The zero-order chi connectivity index (χ0) is 15.0. The largest absolute Gasteiger partial charge is 0.356 e. The van der Waals surface area contributed by atoms with E-state index in [2.05, 4.69) is 20.6 Å². The van der Waals surface area contributed by atoms with E-state index in [1.165, 1.54) is 0 Å². The summed E-state index contributed by atoms with van der Waals surface area (Å²) >= 11 is 0. The predicted octanol–water partition coefficient (Wildman–Crippen LogP) is 1.01. The molecule has 0 aliphatic rings. The molecule has 1 rings (SSSR count). The lowest BCUT2D eigenvalue weighted by Gasteiger charge is -2.17. The third-order valence-electron chi connectivity index (χ3n) is 2.82. The van der Waals surface area contributed by atoms with Gasteiger partial charge in [0.25, 0.3) is 0 Å². The van der Waals surface area contributed by atoms with E-state index in [1.54, 1.807) is 12.5 Å². The zero-order valence-electron chi connectivity index (χ0n) is 12.5. The zero-order valence-corrected chi connectivity index (χ0v) is 12.5. The summed E-state index contributed by atoms with van der Waals surface area (Å²) in [7, 11) is 0. The van der Waals surface area contributed by atoms with Crippen LogP contribution in [-0.2, 0) is 16.0 Å². The molecule has 0 aromatic carbocycles. The van der Waals surface area contributed by atoms with E-state index in [4.69, 9.17) is 0 Å². The molecule has 0 aliphatic heterocycles. The number of rotatable bonds is 7. The van der Waals surface area contributed by atoms with E-state index in [0.29, 0.717) is 25.9 Å². The van der Waals surface area contributed by atoms with Crippen LogP contribution in [-0.4, -0.2) is 34.9 Å². The Morgan fingerprint density at radius 3 is 2.60 bits per heavy atom. The summed E-state index contributed by atoms with van der Waals surface area (Å²) in [4.78, 5) is 30.0. The van der Waals surface area contributed by atoms with E-state index in [-0.39, 0.29) is 17.2 Å². The Morgan fingerprint density at radius 2 is 2.00 bits per heavy atom. The first-order chi connectivity index (χ1) is 9.39. The van der Waals surface area contributed by atoms with Crippen molar-refractivity contribution in [2.45, 2.75) is 40.0 Å². The normalized spacial score (nSPS) is 11.2. The molecule has 6 nitrogen and oxygen atoms in total. The lowest BCUT2D eigenvalue weighted by Crippen LogP contribution is -2.35. The van der Waals surface area contributed by atoms with Gasteiger partial charge in [-0.05, 0) is 6.42 Å². The smallest absolute Gasteiger partial charge is 0.225 e. The average molecular weight is 280 g/mol. The molecule has 6 heteroatoms. The number of imidazole rings is 1. The highest BCUT2D eigenvalue weighted by Gasteiger charge is 2.20. The molecule has 20 heavy (non-hydrogen) atoms. The second kappa shape index (κ2) is 7.67. The summed E-state index contributed by atoms with van der Waals surface area (Å²) in [5.74, 6) is 0.0201. The molecular weight excluding hydrogens is 256 g/mol. The maximum absolute atomic E-state index is 11.6. The van der Waals surface area contributed by atoms with Crippen molar-refractivity contribution < 1.29 is 9.59 Å². The van der Waals surface area contributed by atoms with Crippen LogP contribution in [0.25, 0.3) is 0 Å². The van der Waals surface area contributed by atoms with Crippen molar-refractivity contribution in [3.8, 4) is 0 Å². The first-order valence-corrected chi connectivity index (χ1v) is 6.92. The van der Waals surface area contributed by atoms with Gasteiger partial charge in [-0.2, -0.15) is 0 Å². The van der Waals surface area contributed by atoms with Crippen molar-refractivity contribution >= 4 is 11.8 Å². The maximum Gasteiger partial charge on any atom is 0.225 e. The van der Waals surface area contributed by atoms with Crippen LogP contribution in [0.15, 0.2) is 12.5 Å². The number of nitrogens with zero attached hydrogens (tertiary/aromatic N) is 1. The Labute approximate surface area is 119 Å². The molecule has 0 unspecified atom stereocenters. The second-order valence-corrected chi connectivity index (χ2v) is 5.79. The van der Waals surface area contributed by atoms with Gasteiger partial charge in [0.15, 0.2) is 0 Å². The van der Waals surface area contributed by atoms with E-state index < -0.39 is 0 Å². The van der Waals surface area contributed by atoms with Crippen LogP contribution >= 0.6 is 0 Å². The Bertz CT molecular complexity index is 421. The molecule has 0 aliphatic carbocycles. The summed E-state index contributed by atoms with van der Waals surface area (Å²) in [6.07, 6.45) is 5.18. The number of hydrogen-bond acceptors (Lipinski definition) is 3. The Kier molecular flexibility index (Phi) is 6.21. The van der Waals surface area contributed by atoms with Gasteiger partial charge in [0.2, 0.25) is 11.8 Å². The standard InChI is InChI=1S/C14H24N4O2/c1-14(2,3)13(20)17-7-4-5-12(19)16-8-6-11-9-15-10-18-11/h9-10H,4-8H2,1-3H3,(H,15,18)(H,16,19)(H,17,20). The summed E-state index contributed by atoms with van der Waals surface area (Å²) < 4.78 is 0. The third kappa shape index (κ3) is 6.36. The van der Waals surface area contributed by atoms with E-state index in [0.717, 1.165) is 12.1 Å². The topological polar surface area (TPSA) is 86.9 Å². The second-order valence-electron chi connectivity index (χ2n) is 5.79. The van der Waals surface area contributed by atoms with Crippen LogP contribution < -0.4 is 10.6 Å². The predicted molar refractivity (Wildman–Crippen MR) is 77.0 cm³/mol. The minimum atomic E-state index is -0.383. The maximum atomic E-state index is 11.6. The van der Waals surface area contributed by atoms with Gasteiger partial charge in [0.05, 0.1) is 6.33 Å². The van der Waals surface area contributed by atoms with Crippen LogP contribution in [0.4, 0.5) is 0 Å². The molecule has 0 saturated heterocycles. The Morgan fingerprint density at radius 1 is 1.25 bits per heavy atom. The monoisotopic (exact) mass is 280 g/mol. The van der Waals surface area contributed by atoms with Gasteiger partial charge in [-0.15, -0.1) is 0 Å². The molecule has 0 spiro atoms. The number of hydrogen-bond donors (Lipinski definition) is 3. The highest BCUT2D eigenvalue weighted by molar-refractivity contribution is 5.81. The molecule has 0 saturated carbocycles. The Hall–Kier alpha value is -1.85. The van der Waals surface area contributed by atoms with Gasteiger partial charge in [-0.1, -0.05) is 20.8 Å². The van der Waals surface area contributed by atoms with Gasteiger partial charge in [0.1, 0.15) is 0 Å². The van der Waals surface area contributed by atoms with Gasteiger partial charge in [-0.25, -0.2) is 4.98 Å². The molecule has 1 aromatic rings. The number of carbonyl (C=O) groups is 2. The number of aromatic nitrogens is 2. The fourth-order valence-corrected chi connectivity index (χ4v) is 1.56. The summed E-state index contributed by atoms with van der Waals surface area (Å²) in [5, 5.41) is 5.66. The van der Waals surface area contributed by atoms with Gasteiger partial charge >= 0.3 is 0 Å². The van der Waals surface area contributed by atoms with Crippen molar-refractivity contribution in [2.75, 3.05) is 13.1 Å². The van der Waals surface area contributed by atoms with Crippen LogP contribution in [0.5, 0.6) is 0 Å². The first kappa shape index (κ1) is 16.2. The van der Waals surface area contributed by atoms with Crippen molar-refractivity contribution in [1.29, 1.82) is 0 Å². The van der Waals surface area contributed by atoms with Crippen molar-refractivity contribution in [1.82, 2.24) is 20.6 Å². The van der Waals surface area contributed by atoms with Crippen LogP contribution in [0.2, 0.25) is 0 Å². The minimum absolute atomic E-state index is 0.00882. The fraction of sp³-hybridized carbons (Fsp3) is 0.643. The molecular formula is C14H24N4O2. The number of H-pyrrole nitrogens is 1. The van der Waals surface area contributed by atoms with Crippen LogP contribution in [0.1, 0.15) is 39.3 Å². The molecule has 112 valence electrons. The SMILES string of the molecule is CC(C)(C)C(=O)NCCCC(=O)NCCc1cnc[nH]1. The Balaban J connectivity index is 2.04. The summed E-state index contributed by atoms with van der Waals surface area (Å²) in [6, 6.07) is 0. The highest BCUT2D eigenvalue weighted by atomic mass is 16.2. The molecule has 0 bridgehead atoms. The minimum Gasteiger partial charge on any atom is -0.356 e. The van der Waals surface area contributed by atoms with E-state index >= 15 is 0 Å². The van der Waals surface area contributed by atoms with Gasteiger partial charge in [-0.3, -0.25) is 9.59 Å². The average Bonchev–Trinajstić information content (AvgIpc) is 2.86. The quantitative estimate of drug-likeness (QED) is 0.651. The van der Waals surface area contributed by atoms with Gasteiger partial charge in [0, 0.05) is 43.2 Å². The van der Waals surface area contributed by atoms with E-state index in [1.807, 2.05) is 20.8 Å². The molecule has 0 atom stereocenters. The van der Waals surface area contributed by atoms with Gasteiger partial charge < -0.3 is 15.6 Å². The third-order valence-corrected chi connectivity index (χ3v) is 2.82.